The summed E-state index contributed by atoms with van der Waals surface area (Å²) in [6.07, 6.45) is 1.63. The Bertz CT molecular complexity index is 1300. The van der Waals surface area contributed by atoms with Crippen LogP contribution >= 0.6 is 61.1 Å². The molecule has 0 atom stereocenters. The molecule has 4 rings (SSSR count). The highest BCUT2D eigenvalue weighted by molar-refractivity contribution is 14.1. The van der Waals surface area contributed by atoms with Crippen LogP contribution in [-0.4, -0.2) is 12.1 Å². The molecule has 1 amide bonds. The van der Waals surface area contributed by atoms with Gasteiger partial charge in [-0.2, -0.15) is 5.10 Å². The molecule has 0 saturated carbocycles. The van der Waals surface area contributed by atoms with Crippen molar-refractivity contribution in [1.29, 1.82) is 0 Å². The molecule has 1 N–H and O–H groups in total. The number of nitrogens with one attached hydrogen (secondary N) is 1. The Morgan fingerprint density at radius 2 is 1.66 bits per heavy atom. The minimum Gasteiger partial charge on any atom is -0.487 e. The molecule has 4 nitrogen and oxygen atoms in total. The third kappa shape index (κ3) is 5.49. The number of benzene rings is 4. The smallest absolute Gasteiger partial charge is 0.272 e. The zero-order chi connectivity index (χ0) is 22.5. The van der Waals surface area contributed by atoms with Crippen molar-refractivity contribution in [1.82, 2.24) is 5.43 Å². The molecule has 0 aliphatic rings. The summed E-state index contributed by atoms with van der Waals surface area (Å²) in [5, 5.41) is 6.51. The van der Waals surface area contributed by atoms with Crippen LogP contribution in [0, 0.1) is 7.14 Å². The number of nitrogens with zero attached hydrogens (tertiary/aromatic N) is 1. The van der Waals surface area contributed by atoms with E-state index < -0.39 is 0 Å². The quantitative estimate of drug-likeness (QED) is 0.131. The standard InChI is InChI=1S/C25H17BrI2N2O2/c26-21-11-4-3-10-20(21)25(31)30-29-14-16-12-22(27)24(23(28)13-16)32-15-18-8-5-7-17-6-1-2-9-19(17)18/h1-14H,15H2,(H,30,31)/b29-14-. The molecule has 0 saturated heterocycles. The number of halogens is 3. The van der Waals surface area contributed by atoms with E-state index in [-0.39, 0.29) is 5.91 Å². The van der Waals surface area contributed by atoms with Gasteiger partial charge in [-0.25, -0.2) is 5.43 Å². The Labute approximate surface area is 221 Å². The van der Waals surface area contributed by atoms with Crippen molar-refractivity contribution in [3.63, 3.8) is 0 Å². The summed E-state index contributed by atoms with van der Waals surface area (Å²) in [4.78, 5) is 12.3. The molecule has 0 aromatic heterocycles. The van der Waals surface area contributed by atoms with Gasteiger partial charge in [-0.1, -0.05) is 54.6 Å². The summed E-state index contributed by atoms with van der Waals surface area (Å²) in [5.74, 6) is 0.571. The van der Waals surface area contributed by atoms with E-state index in [1.807, 2.05) is 42.5 Å². The Hall–Kier alpha value is -1.98. The van der Waals surface area contributed by atoms with Gasteiger partial charge in [-0.15, -0.1) is 0 Å². The summed E-state index contributed by atoms with van der Waals surface area (Å²) in [6, 6.07) is 25.8. The lowest BCUT2D eigenvalue weighted by Gasteiger charge is -2.13. The van der Waals surface area contributed by atoms with E-state index in [4.69, 9.17) is 4.74 Å². The van der Waals surface area contributed by atoms with Gasteiger partial charge in [0.05, 0.1) is 18.9 Å². The van der Waals surface area contributed by atoms with Crippen LogP contribution in [0.1, 0.15) is 21.5 Å². The van der Waals surface area contributed by atoms with Gasteiger partial charge in [0.2, 0.25) is 0 Å². The lowest BCUT2D eigenvalue weighted by atomic mass is 10.1. The first-order valence-corrected chi connectivity index (χ1v) is 12.6. The number of fused-ring (bicyclic) bond motifs is 1. The van der Waals surface area contributed by atoms with Crippen molar-refractivity contribution < 1.29 is 9.53 Å². The topological polar surface area (TPSA) is 50.7 Å². The number of amides is 1. The first kappa shape index (κ1) is 23.2. The maximum atomic E-state index is 12.3. The van der Waals surface area contributed by atoms with Gasteiger partial charge in [-0.3, -0.25) is 4.79 Å². The predicted molar refractivity (Wildman–Crippen MR) is 149 cm³/mol. The number of carbonyl (C=O) groups is 1. The van der Waals surface area contributed by atoms with Gasteiger partial charge in [0.25, 0.3) is 5.91 Å². The fraction of sp³-hybridized carbons (Fsp3) is 0.0400. The number of ether oxygens (including phenoxy) is 1. The van der Waals surface area contributed by atoms with Crippen LogP contribution in [0.4, 0.5) is 0 Å². The summed E-state index contributed by atoms with van der Waals surface area (Å²) >= 11 is 7.91. The average molecular weight is 711 g/mol. The second-order valence-corrected chi connectivity index (χ2v) is 10.1. The second kappa shape index (κ2) is 10.8. The maximum absolute atomic E-state index is 12.3. The molecular weight excluding hydrogens is 694 g/mol. The van der Waals surface area contributed by atoms with Gasteiger partial charge in [-0.05, 0) is 107 Å². The third-order valence-corrected chi connectivity index (χ3v) is 7.06. The van der Waals surface area contributed by atoms with Gasteiger partial charge < -0.3 is 4.74 Å². The van der Waals surface area contributed by atoms with E-state index in [2.05, 4.69) is 102 Å². The van der Waals surface area contributed by atoms with E-state index >= 15 is 0 Å². The number of carbonyl (C=O) groups excluding carboxylic acids is 1. The molecule has 160 valence electrons. The minimum absolute atomic E-state index is 0.270. The summed E-state index contributed by atoms with van der Waals surface area (Å²) in [6.45, 7) is 0.489. The summed E-state index contributed by atoms with van der Waals surface area (Å²) < 4.78 is 8.88. The summed E-state index contributed by atoms with van der Waals surface area (Å²) in [5.41, 5.74) is 5.13. The van der Waals surface area contributed by atoms with Crippen molar-refractivity contribution >= 4 is 84.0 Å². The van der Waals surface area contributed by atoms with Gasteiger partial charge in [0.15, 0.2) is 0 Å². The molecule has 32 heavy (non-hydrogen) atoms. The monoisotopic (exact) mass is 710 g/mol. The van der Waals surface area contributed by atoms with Crippen LogP contribution in [0.25, 0.3) is 10.8 Å². The average Bonchev–Trinajstić information content (AvgIpc) is 2.79. The first-order valence-electron chi connectivity index (χ1n) is 9.69. The molecule has 0 spiro atoms. The van der Waals surface area contributed by atoms with Crippen LogP contribution in [0.15, 0.2) is 88.4 Å². The van der Waals surface area contributed by atoms with Crippen molar-refractivity contribution in [2.75, 3.05) is 0 Å². The highest BCUT2D eigenvalue weighted by atomic mass is 127. The normalized spacial score (nSPS) is 11.1. The molecule has 0 heterocycles. The fourth-order valence-corrected chi connectivity index (χ4v) is 5.82. The lowest BCUT2D eigenvalue weighted by molar-refractivity contribution is 0.0954. The van der Waals surface area contributed by atoms with Gasteiger partial charge >= 0.3 is 0 Å². The number of hydrazone groups is 1. The maximum Gasteiger partial charge on any atom is 0.272 e. The molecule has 0 aliphatic heterocycles. The highest BCUT2D eigenvalue weighted by Crippen LogP contribution is 2.30. The van der Waals surface area contributed by atoms with Crippen molar-refractivity contribution in [2.45, 2.75) is 6.61 Å². The molecule has 0 unspecified atom stereocenters. The van der Waals surface area contributed by atoms with Gasteiger partial charge in [0.1, 0.15) is 12.4 Å². The van der Waals surface area contributed by atoms with Crippen molar-refractivity contribution in [2.24, 2.45) is 5.10 Å². The molecule has 0 radical (unpaired) electrons. The predicted octanol–water partition coefficient (Wildman–Crippen LogP) is 7.15. The third-order valence-electron chi connectivity index (χ3n) is 4.77. The lowest BCUT2D eigenvalue weighted by Crippen LogP contribution is -2.18. The Morgan fingerprint density at radius 1 is 0.969 bits per heavy atom. The van der Waals surface area contributed by atoms with Crippen LogP contribution < -0.4 is 10.2 Å². The Morgan fingerprint density at radius 3 is 2.44 bits per heavy atom. The Balaban J connectivity index is 1.45. The molecular formula is C25H17BrI2N2O2. The van der Waals surface area contributed by atoms with E-state index in [1.165, 1.54) is 10.8 Å². The van der Waals surface area contributed by atoms with E-state index in [1.54, 1.807) is 12.3 Å². The van der Waals surface area contributed by atoms with Crippen LogP contribution in [-0.2, 0) is 6.61 Å². The fourth-order valence-electron chi connectivity index (χ4n) is 3.23. The van der Waals surface area contributed by atoms with Crippen LogP contribution in [0.3, 0.4) is 0 Å². The first-order chi connectivity index (χ1) is 15.5. The number of rotatable bonds is 6. The summed E-state index contributed by atoms with van der Waals surface area (Å²) in [7, 11) is 0. The Kier molecular flexibility index (Phi) is 7.80. The molecule has 4 aromatic rings. The van der Waals surface area contributed by atoms with E-state index in [9.17, 15) is 4.79 Å². The highest BCUT2D eigenvalue weighted by Gasteiger charge is 2.11. The molecule has 4 aromatic carbocycles. The van der Waals surface area contributed by atoms with Crippen molar-refractivity contribution in [3.05, 3.63) is 107 Å². The van der Waals surface area contributed by atoms with Gasteiger partial charge in [0, 0.05) is 4.47 Å². The van der Waals surface area contributed by atoms with Crippen LogP contribution in [0.5, 0.6) is 5.75 Å². The molecule has 7 heteroatoms. The number of hydrogen-bond donors (Lipinski definition) is 1. The zero-order valence-corrected chi connectivity index (χ0v) is 22.6. The number of hydrogen-bond acceptors (Lipinski definition) is 3. The second-order valence-electron chi connectivity index (χ2n) is 6.92. The van der Waals surface area contributed by atoms with Crippen LogP contribution in [0.2, 0.25) is 0 Å². The van der Waals surface area contributed by atoms with E-state index in [0.717, 1.165) is 28.5 Å². The molecule has 0 fully saturated rings. The zero-order valence-electron chi connectivity index (χ0n) is 16.7. The molecule has 0 aliphatic carbocycles. The minimum atomic E-state index is -0.270. The van der Waals surface area contributed by atoms with E-state index in [0.29, 0.717) is 12.2 Å². The SMILES string of the molecule is O=C(N/N=C\c1cc(I)c(OCc2cccc3ccccc23)c(I)c1)c1ccccc1Br. The largest absolute Gasteiger partial charge is 0.487 e. The molecule has 0 bridgehead atoms. The van der Waals surface area contributed by atoms with Crippen molar-refractivity contribution in [3.8, 4) is 5.75 Å².